The third kappa shape index (κ3) is 2.25. The van der Waals surface area contributed by atoms with Crippen LogP contribution in [0.4, 0.5) is 0 Å². The molecule has 0 unspecified atom stereocenters. The van der Waals surface area contributed by atoms with E-state index in [2.05, 4.69) is 4.98 Å². The van der Waals surface area contributed by atoms with Crippen molar-refractivity contribution >= 4 is 17.4 Å². The molecule has 0 amide bonds. The topological polar surface area (TPSA) is 30.0 Å². The second-order valence-corrected chi connectivity index (χ2v) is 6.35. The quantitative estimate of drug-likeness (QED) is 0.769. The number of aromatic nitrogens is 1. The van der Waals surface area contributed by atoms with Crippen molar-refractivity contribution in [2.24, 2.45) is 5.41 Å². The SMILES string of the molecule is CC1(C)CCc2nc(-c3ccc(Cl)cc3)ccc2C1=O. The molecule has 0 N–H and O–H groups in total. The van der Waals surface area contributed by atoms with Crippen molar-refractivity contribution in [1.82, 2.24) is 4.98 Å². The van der Waals surface area contributed by atoms with Gasteiger partial charge in [-0.25, -0.2) is 0 Å². The van der Waals surface area contributed by atoms with Crippen molar-refractivity contribution in [3.05, 3.63) is 52.7 Å². The molecule has 3 heteroatoms. The standard InChI is InChI=1S/C17H16ClNO/c1-17(2)10-9-15-13(16(17)20)7-8-14(19-15)11-3-5-12(18)6-4-11/h3-8H,9-10H2,1-2H3. The predicted molar refractivity (Wildman–Crippen MR) is 81.1 cm³/mol. The fraction of sp³-hybridized carbons (Fsp3) is 0.294. The Balaban J connectivity index is 2.03. The van der Waals surface area contributed by atoms with Crippen LogP contribution >= 0.6 is 11.6 Å². The molecule has 1 aliphatic carbocycles. The highest BCUT2D eigenvalue weighted by molar-refractivity contribution is 6.30. The van der Waals surface area contributed by atoms with Gasteiger partial charge in [-0.3, -0.25) is 9.78 Å². The minimum absolute atomic E-state index is 0.203. The number of pyridine rings is 1. The number of carbonyl (C=O) groups is 1. The first-order chi connectivity index (χ1) is 9.47. The van der Waals surface area contributed by atoms with Crippen LogP contribution in [0.2, 0.25) is 5.02 Å². The first kappa shape index (κ1) is 13.3. The number of ketones is 1. The maximum absolute atomic E-state index is 12.4. The van der Waals surface area contributed by atoms with Crippen molar-refractivity contribution < 1.29 is 4.79 Å². The highest BCUT2D eigenvalue weighted by Gasteiger charge is 2.34. The fourth-order valence-corrected chi connectivity index (χ4v) is 2.72. The lowest BCUT2D eigenvalue weighted by molar-refractivity contribution is 0.0809. The number of carbonyl (C=O) groups excluding carboxylic acids is 1. The number of fused-ring (bicyclic) bond motifs is 1. The van der Waals surface area contributed by atoms with Crippen molar-refractivity contribution in [2.75, 3.05) is 0 Å². The maximum atomic E-state index is 12.4. The molecule has 0 saturated heterocycles. The smallest absolute Gasteiger partial charge is 0.170 e. The van der Waals surface area contributed by atoms with Crippen LogP contribution in [0.1, 0.15) is 36.3 Å². The number of halogens is 1. The Morgan fingerprint density at radius 3 is 2.50 bits per heavy atom. The zero-order valence-electron chi connectivity index (χ0n) is 11.6. The normalized spacial score (nSPS) is 16.9. The van der Waals surface area contributed by atoms with Crippen LogP contribution < -0.4 is 0 Å². The van der Waals surface area contributed by atoms with Gasteiger partial charge in [0, 0.05) is 21.6 Å². The van der Waals surface area contributed by atoms with E-state index in [9.17, 15) is 4.79 Å². The van der Waals surface area contributed by atoms with Gasteiger partial charge in [-0.2, -0.15) is 0 Å². The molecule has 2 nitrogen and oxygen atoms in total. The Hall–Kier alpha value is -1.67. The van der Waals surface area contributed by atoms with Crippen LogP contribution in [-0.4, -0.2) is 10.8 Å². The molecule has 0 bridgehead atoms. The Labute approximate surface area is 123 Å². The van der Waals surface area contributed by atoms with Gasteiger partial charge in [-0.15, -0.1) is 0 Å². The van der Waals surface area contributed by atoms with Gasteiger partial charge in [0.15, 0.2) is 5.78 Å². The van der Waals surface area contributed by atoms with Crippen LogP contribution in [0, 0.1) is 5.41 Å². The molecule has 0 aliphatic heterocycles. The average molecular weight is 286 g/mol. The van der Waals surface area contributed by atoms with E-state index in [0.717, 1.165) is 35.4 Å². The monoisotopic (exact) mass is 285 g/mol. The summed E-state index contributed by atoms with van der Waals surface area (Å²) in [4.78, 5) is 17.0. The molecule has 0 atom stereocenters. The summed E-state index contributed by atoms with van der Waals surface area (Å²) >= 11 is 5.90. The van der Waals surface area contributed by atoms with Gasteiger partial charge in [-0.05, 0) is 37.1 Å². The van der Waals surface area contributed by atoms with Gasteiger partial charge in [-0.1, -0.05) is 37.6 Å². The summed E-state index contributed by atoms with van der Waals surface area (Å²) in [5.74, 6) is 0.203. The second-order valence-electron chi connectivity index (χ2n) is 5.91. The number of rotatable bonds is 1. The molecule has 0 saturated carbocycles. The molecule has 0 radical (unpaired) electrons. The van der Waals surface area contributed by atoms with Gasteiger partial charge in [0.05, 0.1) is 11.4 Å². The Morgan fingerprint density at radius 2 is 1.80 bits per heavy atom. The second kappa shape index (κ2) is 4.71. The third-order valence-corrected chi connectivity index (χ3v) is 4.21. The van der Waals surface area contributed by atoms with Gasteiger partial charge < -0.3 is 0 Å². The fourth-order valence-electron chi connectivity index (χ4n) is 2.59. The zero-order valence-corrected chi connectivity index (χ0v) is 12.4. The summed E-state index contributed by atoms with van der Waals surface area (Å²) < 4.78 is 0. The lowest BCUT2D eigenvalue weighted by Gasteiger charge is -2.29. The van der Waals surface area contributed by atoms with Crippen molar-refractivity contribution in [1.29, 1.82) is 0 Å². The molecule has 1 heterocycles. The Bertz CT molecular complexity index is 674. The molecule has 0 spiro atoms. The van der Waals surface area contributed by atoms with E-state index in [1.54, 1.807) is 0 Å². The molecule has 3 rings (SSSR count). The number of hydrogen-bond acceptors (Lipinski definition) is 2. The number of nitrogens with zero attached hydrogens (tertiary/aromatic N) is 1. The number of Topliss-reactive ketones (excluding diaryl/α,β-unsaturated/α-hetero) is 1. The van der Waals surface area contributed by atoms with Crippen LogP contribution in [0.5, 0.6) is 0 Å². The molecule has 1 aromatic carbocycles. The summed E-state index contributed by atoms with van der Waals surface area (Å²) in [6, 6.07) is 11.4. The van der Waals surface area contributed by atoms with Gasteiger partial charge >= 0.3 is 0 Å². The lowest BCUT2D eigenvalue weighted by Crippen LogP contribution is -2.31. The zero-order chi connectivity index (χ0) is 14.3. The van der Waals surface area contributed by atoms with Gasteiger partial charge in [0.25, 0.3) is 0 Å². The average Bonchev–Trinajstić information content (AvgIpc) is 2.44. The van der Waals surface area contributed by atoms with Crippen molar-refractivity contribution in [3.63, 3.8) is 0 Å². The number of benzene rings is 1. The van der Waals surface area contributed by atoms with E-state index in [1.807, 2.05) is 50.2 Å². The summed E-state index contributed by atoms with van der Waals surface area (Å²) in [6.45, 7) is 4.01. The van der Waals surface area contributed by atoms with E-state index in [1.165, 1.54) is 0 Å². The maximum Gasteiger partial charge on any atom is 0.170 e. The number of hydrogen-bond donors (Lipinski definition) is 0. The summed E-state index contributed by atoms with van der Waals surface area (Å²) in [5, 5.41) is 0.712. The molecule has 102 valence electrons. The summed E-state index contributed by atoms with van der Waals surface area (Å²) in [7, 11) is 0. The highest BCUT2D eigenvalue weighted by Crippen LogP contribution is 2.34. The Kier molecular flexibility index (Phi) is 3.14. The van der Waals surface area contributed by atoms with E-state index >= 15 is 0 Å². The highest BCUT2D eigenvalue weighted by atomic mass is 35.5. The lowest BCUT2D eigenvalue weighted by atomic mass is 9.75. The molecule has 2 aromatic rings. The number of aryl methyl sites for hydroxylation is 1. The van der Waals surface area contributed by atoms with Crippen LogP contribution in [0.25, 0.3) is 11.3 Å². The van der Waals surface area contributed by atoms with Crippen LogP contribution in [-0.2, 0) is 6.42 Å². The van der Waals surface area contributed by atoms with E-state index in [-0.39, 0.29) is 11.2 Å². The molecule has 1 aliphatic rings. The molecule has 20 heavy (non-hydrogen) atoms. The minimum atomic E-state index is -0.267. The first-order valence-electron chi connectivity index (χ1n) is 6.78. The van der Waals surface area contributed by atoms with Crippen LogP contribution in [0.15, 0.2) is 36.4 Å². The van der Waals surface area contributed by atoms with E-state index in [4.69, 9.17) is 11.6 Å². The summed E-state index contributed by atoms with van der Waals surface area (Å²) in [5.41, 5.74) is 3.35. The molecule has 0 fully saturated rings. The van der Waals surface area contributed by atoms with Crippen LogP contribution in [0.3, 0.4) is 0 Å². The first-order valence-corrected chi connectivity index (χ1v) is 7.16. The van der Waals surface area contributed by atoms with Crippen molar-refractivity contribution in [2.45, 2.75) is 26.7 Å². The largest absolute Gasteiger partial charge is 0.294 e. The van der Waals surface area contributed by atoms with Crippen molar-refractivity contribution in [3.8, 4) is 11.3 Å². The van der Waals surface area contributed by atoms with E-state index < -0.39 is 0 Å². The summed E-state index contributed by atoms with van der Waals surface area (Å²) in [6.07, 6.45) is 1.71. The van der Waals surface area contributed by atoms with Gasteiger partial charge in [0.2, 0.25) is 0 Å². The molecular formula is C17H16ClNO. The minimum Gasteiger partial charge on any atom is -0.294 e. The molecular weight excluding hydrogens is 270 g/mol. The third-order valence-electron chi connectivity index (χ3n) is 3.96. The van der Waals surface area contributed by atoms with Gasteiger partial charge in [0.1, 0.15) is 0 Å². The predicted octanol–water partition coefficient (Wildman–Crippen LogP) is 4.56. The van der Waals surface area contributed by atoms with E-state index in [0.29, 0.717) is 5.02 Å². The Morgan fingerprint density at radius 1 is 1.10 bits per heavy atom. The molecule has 1 aromatic heterocycles.